The van der Waals surface area contributed by atoms with Gasteiger partial charge in [-0.05, 0) is 30.4 Å². The Labute approximate surface area is 94.5 Å². The van der Waals surface area contributed by atoms with E-state index in [-0.39, 0.29) is 5.56 Å². The molecule has 0 heterocycles. The number of carbonyl (C=O) groups is 1. The van der Waals surface area contributed by atoms with Gasteiger partial charge in [-0.2, -0.15) is 0 Å². The van der Waals surface area contributed by atoms with E-state index in [0.717, 1.165) is 18.2 Å². The summed E-state index contributed by atoms with van der Waals surface area (Å²) in [5.41, 5.74) is 6.99. The molecule has 86 valence electrons. The predicted molar refractivity (Wildman–Crippen MR) is 63.6 cm³/mol. The number of para-hydroxylation sites is 1. The van der Waals surface area contributed by atoms with Crippen LogP contribution in [0.15, 0.2) is 18.2 Å². The molecule has 4 nitrogen and oxygen atoms in total. The molecule has 16 heavy (non-hydrogen) atoms. The number of anilines is 2. The molecule has 0 aliphatic heterocycles. The Balaban J connectivity index is 2.08. The van der Waals surface area contributed by atoms with E-state index in [1.165, 1.54) is 12.5 Å². The van der Waals surface area contributed by atoms with E-state index in [0.29, 0.717) is 11.6 Å². The molecule has 2 rings (SSSR count). The van der Waals surface area contributed by atoms with Crippen molar-refractivity contribution in [2.75, 3.05) is 17.6 Å². The number of nitrogens with one attached hydrogen (secondary N) is 1. The normalized spacial score (nSPS) is 22.8. The van der Waals surface area contributed by atoms with Gasteiger partial charge in [0.25, 0.3) is 0 Å². The lowest BCUT2D eigenvalue weighted by molar-refractivity contribution is 0.0698. The highest BCUT2D eigenvalue weighted by atomic mass is 16.4. The molecule has 1 aliphatic rings. The van der Waals surface area contributed by atoms with Crippen LogP contribution in [0.25, 0.3) is 0 Å². The fourth-order valence-electron chi connectivity index (χ4n) is 1.83. The molecule has 1 aromatic rings. The van der Waals surface area contributed by atoms with Gasteiger partial charge in [0.2, 0.25) is 0 Å². The van der Waals surface area contributed by atoms with Crippen molar-refractivity contribution in [2.24, 2.45) is 11.8 Å². The first-order chi connectivity index (χ1) is 7.59. The molecule has 1 saturated carbocycles. The van der Waals surface area contributed by atoms with Crippen LogP contribution in [-0.4, -0.2) is 17.6 Å². The van der Waals surface area contributed by atoms with Gasteiger partial charge in [0.15, 0.2) is 0 Å². The third-order valence-corrected chi connectivity index (χ3v) is 3.17. The van der Waals surface area contributed by atoms with Gasteiger partial charge in [0, 0.05) is 6.54 Å². The monoisotopic (exact) mass is 220 g/mol. The Bertz CT molecular complexity index is 417. The van der Waals surface area contributed by atoms with Crippen molar-refractivity contribution in [2.45, 2.75) is 13.3 Å². The van der Waals surface area contributed by atoms with E-state index in [9.17, 15) is 4.79 Å². The fourth-order valence-corrected chi connectivity index (χ4v) is 1.83. The van der Waals surface area contributed by atoms with Crippen LogP contribution in [0.5, 0.6) is 0 Å². The summed E-state index contributed by atoms with van der Waals surface area (Å²) in [6.45, 7) is 3.08. The predicted octanol–water partition coefficient (Wildman–Crippen LogP) is 2.03. The molecule has 1 fully saturated rings. The summed E-state index contributed by atoms with van der Waals surface area (Å²) < 4.78 is 0. The van der Waals surface area contributed by atoms with E-state index < -0.39 is 5.97 Å². The summed E-state index contributed by atoms with van der Waals surface area (Å²) in [4.78, 5) is 10.9. The number of nitrogens with two attached hydrogens (primary N) is 1. The number of benzene rings is 1. The zero-order valence-corrected chi connectivity index (χ0v) is 9.23. The smallest absolute Gasteiger partial charge is 0.337 e. The van der Waals surface area contributed by atoms with E-state index in [1.54, 1.807) is 6.07 Å². The maximum Gasteiger partial charge on any atom is 0.337 e. The van der Waals surface area contributed by atoms with Crippen LogP contribution in [0, 0.1) is 11.8 Å². The topological polar surface area (TPSA) is 75.3 Å². The minimum atomic E-state index is -0.985. The van der Waals surface area contributed by atoms with Crippen LogP contribution < -0.4 is 11.1 Å². The van der Waals surface area contributed by atoms with Crippen LogP contribution in [0.3, 0.4) is 0 Å². The molecule has 0 saturated heterocycles. The van der Waals surface area contributed by atoms with Gasteiger partial charge in [-0.1, -0.05) is 13.0 Å². The minimum absolute atomic E-state index is 0.161. The molecule has 0 bridgehead atoms. The lowest BCUT2D eigenvalue weighted by Crippen LogP contribution is -2.09. The van der Waals surface area contributed by atoms with Crippen molar-refractivity contribution < 1.29 is 9.90 Å². The minimum Gasteiger partial charge on any atom is -0.478 e. The molecule has 4 heteroatoms. The van der Waals surface area contributed by atoms with Gasteiger partial charge in [-0.15, -0.1) is 0 Å². The first kappa shape index (κ1) is 10.8. The van der Waals surface area contributed by atoms with Gasteiger partial charge in [0.1, 0.15) is 0 Å². The van der Waals surface area contributed by atoms with Crippen molar-refractivity contribution >= 4 is 17.3 Å². The molecule has 4 N–H and O–H groups in total. The molecular formula is C12H16N2O2. The molecule has 1 aromatic carbocycles. The molecular weight excluding hydrogens is 204 g/mol. The second kappa shape index (κ2) is 4.04. The van der Waals surface area contributed by atoms with E-state index in [2.05, 4.69) is 12.2 Å². The maximum atomic E-state index is 10.9. The molecule has 0 radical (unpaired) electrons. The Morgan fingerprint density at radius 2 is 2.31 bits per heavy atom. The summed E-state index contributed by atoms with van der Waals surface area (Å²) in [6, 6.07) is 5.04. The largest absolute Gasteiger partial charge is 0.478 e. The van der Waals surface area contributed by atoms with Crippen molar-refractivity contribution in [3.63, 3.8) is 0 Å². The van der Waals surface area contributed by atoms with Crippen LogP contribution >= 0.6 is 0 Å². The summed E-state index contributed by atoms with van der Waals surface area (Å²) in [5.74, 6) is 0.491. The number of aromatic carboxylic acids is 1. The highest BCUT2D eigenvalue weighted by molar-refractivity contribution is 5.97. The highest BCUT2D eigenvalue weighted by Gasteiger charge is 2.32. The summed E-state index contributed by atoms with van der Waals surface area (Å²) >= 11 is 0. The molecule has 1 aliphatic carbocycles. The molecule has 2 atom stereocenters. The van der Waals surface area contributed by atoms with Gasteiger partial charge in [-0.3, -0.25) is 0 Å². The maximum absolute atomic E-state index is 10.9. The van der Waals surface area contributed by atoms with Crippen LogP contribution in [-0.2, 0) is 0 Å². The third-order valence-electron chi connectivity index (χ3n) is 3.17. The van der Waals surface area contributed by atoms with Crippen molar-refractivity contribution in [1.82, 2.24) is 0 Å². The zero-order chi connectivity index (χ0) is 11.7. The van der Waals surface area contributed by atoms with E-state index in [1.807, 2.05) is 6.07 Å². The number of carboxylic acid groups (broad SMARTS) is 1. The van der Waals surface area contributed by atoms with Crippen molar-refractivity contribution in [1.29, 1.82) is 0 Å². The number of nitrogen functional groups attached to an aromatic ring is 1. The second-order valence-electron chi connectivity index (χ2n) is 4.43. The molecule has 2 unspecified atom stereocenters. The Morgan fingerprint density at radius 3 is 2.88 bits per heavy atom. The summed E-state index contributed by atoms with van der Waals surface area (Å²) in [5, 5.41) is 12.1. The lowest BCUT2D eigenvalue weighted by Gasteiger charge is -2.10. The van der Waals surface area contributed by atoms with Gasteiger partial charge >= 0.3 is 5.97 Å². The van der Waals surface area contributed by atoms with Gasteiger partial charge in [0.05, 0.1) is 16.9 Å². The number of hydrogen-bond acceptors (Lipinski definition) is 3. The first-order valence-electron chi connectivity index (χ1n) is 5.45. The second-order valence-corrected chi connectivity index (χ2v) is 4.43. The fraction of sp³-hybridized carbons (Fsp3) is 0.417. The van der Waals surface area contributed by atoms with Gasteiger partial charge < -0.3 is 16.2 Å². The van der Waals surface area contributed by atoms with Gasteiger partial charge in [-0.25, -0.2) is 4.79 Å². The van der Waals surface area contributed by atoms with E-state index >= 15 is 0 Å². The number of carboxylic acids is 1. The Hall–Kier alpha value is -1.71. The quantitative estimate of drug-likeness (QED) is 0.679. The van der Waals surface area contributed by atoms with Crippen molar-refractivity contribution in [3.05, 3.63) is 23.8 Å². The SMILES string of the molecule is CC1CC1CNc1cccc(C(=O)O)c1N. The average Bonchev–Trinajstić information content (AvgIpc) is 2.93. The van der Waals surface area contributed by atoms with Crippen LogP contribution in [0.1, 0.15) is 23.7 Å². The number of hydrogen-bond donors (Lipinski definition) is 3. The standard InChI is InChI=1S/C12H16N2O2/c1-7-5-8(7)6-14-10-4-2-3-9(11(10)13)12(15)16/h2-4,7-8,14H,5-6,13H2,1H3,(H,15,16). The van der Waals surface area contributed by atoms with Crippen LogP contribution in [0.4, 0.5) is 11.4 Å². The lowest BCUT2D eigenvalue weighted by atomic mass is 10.1. The Kier molecular flexibility index (Phi) is 2.73. The van der Waals surface area contributed by atoms with Crippen molar-refractivity contribution in [3.8, 4) is 0 Å². The Morgan fingerprint density at radius 1 is 1.62 bits per heavy atom. The summed E-state index contributed by atoms with van der Waals surface area (Å²) in [6.07, 6.45) is 1.24. The molecule has 0 spiro atoms. The molecule has 0 aromatic heterocycles. The van der Waals surface area contributed by atoms with Crippen LogP contribution in [0.2, 0.25) is 0 Å². The highest BCUT2D eigenvalue weighted by Crippen LogP contribution is 2.38. The summed E-state index contributed by atoms with van der Waals surface area (Å²) in [7, 11) is 0. The average molecular weight is 220 g/mol. The van der Waals surface area contributed by atoms with E-state index in [4.69, 9.17) is 10.8 Å². The molecule has 0 amide bonds. The number of rotatable bonds is 4. The zero-order valence-electron chi connectivity index (χ0n) is 9.23. The third kappa shape index (κ3) is 2.10. The first-order valence-corrected chi connectivity index (χ1v) is 5.45.